The van der Waals surface area contributed by atoms with Crippen molar-refractivity contribution >= 4 is 21.6 Å². The summed E-state index contributed by atoms with van der Waals surface area (Å²) in [6.45, 7) is 0.145. The van der Waals surface area contributed by atoms with Crippen LogP contribution in [0.15, 0.2) is 53.4 Å². The summed E-state index contributed by atoms with van der Waals surface area (Å²) in [6.07, 6.45) is 0. The van der Waals surface area contributed by atoms with E-state index in [1.807, 2.05) is 0 Å². The lowest BCUT2D eigenvalue weighted by Crippen LogP contribution is -2.27. The van der Waals surface area contributed by atoms with E-state index in [-0.39, 0.29) is 22.7 Å². The number of sulfonamides is 1. The molecule has 1 amide bonds. The van der Waals surface area contributed by atoms with Gasteiger partial charge in [0.05, 0.1) is 16.9 Å². The van der Waals surface area contributed by atoms with Crippen LogP contribution in [0.2, 0.25) is 0 Å². The molecule has 138 valence electrons. The zero-order chi connectivity index (χ0) is 19.3. The third kappa shape index (κ3) is 4.42. The Bertz CT molecular complexity index is 912. The van der Waals surface area contributed by atoms with Crippen molar-refractivity contribution in [1.29, 1.82) is 0 Å². The molecular weight excluding hydrogens is 362 g/mol. The summed E-state index contributed by atoms with van der Waals surface area (Å²) in [5.41, 5.74) is 0.796. The maximum absolute atomic E-state index is 12.3. The van der Waals surface area contributed by atoms with Gasteiger partial charge in [-0.1, -0.05) is 22.7 Å². The Kier molecular flexibility index (Phi) is 6.03. The van der Waals surface area contributed by atoms with E-state index in [0.717, 1.165) is 0 Å². The molecule has 2 rings (SSSR count). The first kappa shape index (κ1) is 19.5. The molecular formula is C16H17N3O6S. The molecule has 0 spiro atoms. The lowest BCUT2D eigenvalue weighted by Gasteiger charge is -2.14. The second kappa shape index (κ2) is 8.04. The number of nitrogens with one attached hydrogen (secondary N) is 1. The molecule has 0 fully saturated rings. The summed E-state index contributed by atoms with van der Waals surface area (Å²) in [5.74, 6) is -0.472. The molecule has 0 aliphatic heterocycles. The molecule has 2 aromatic rings. The molecule has 0 aliphatic carbocycles. The van der Waals surface area contributed by atoms with Gasteiger partial charge in [-0.15, -0.1) is 0 Å². The Balaban J connectivity index is 2.10. The summed E-state index contributed by atoms with van der Waals surface area (Å²) in [6, 6.07) is 11.3. The Morgan fingerprint density at radius 1 is 1.23 bits per heavy atom. The third-order valence-corrected chi connectivity index (χ3v) is 5.27. The summed E-state index contributed by atoms with van der Waals surface area (Å²) < 4.78 is 25.1. The van der Waals surface area contributed by atoms with Crippen LogP contribution in [-0.2, 0) is 21.4 Å². The molecule has 9 nitrogen and oxygen atoms in total. The van der Waals surface area contributed by atoms with Crippen molar-refractivity contribution in [2.24, 2.45) is 0 Å². The molecule has 1 N–H and O–H groups in total. The molecule has 26 heavy (non-hydrogen) atoms. The highest BCUT2D eigenvalue weighted by Gasteiger charge is 2.21. The lowest BCUT2D eigenvalue weighted by molar-refractivity contribution is -0.384. The van der Waals surface area contributed by atoms with Crippen LogP contribution in [0.1, 0.15) is 15.9 Å². The minimum Gasteiger partial charge on any atom is -0.348 e. The number of carbonyl (C=O) groups is 1. The number of non-ortho nitro benzene ring substituents is 1. The SMILES string of the molecule is CON(C)S(=O)(=O)c1cccc(C(=O)NCc2ccc([N+](=O)[O-])cc2)c1. The monoisotopic (exact) mass is 379 g/mol. The van der Waals surface area contributed by atoms with Gasteiger partial charge < -0.3 is 5.32 Å². The van der Waals surface area contributed by atoms with Gasteiger partial charge in [-0.3, -0.25) is 19.7 Å². The fraction of sp³-hybridized carbons (Fsp3) is 0.188. The van der Waals surface area contributed by atoms with Crippen LogP contribution in [0.5, 0.6) is 0 Å². The zero-order valence-corrected chi connectivity index (χ0v) is 14.9. The minimum atomic E-state index is -3.86. The largest absolute Gasteiger partial charge is 0.348 e. The predicted octanol–water partition coefficient (Wildman–Crippen LogP) is 1.71. The number of nitrogens with zero attached hydrogens (tertiary/aromatic N) is 2. The highest BCUT2D eigenvalue weighted by Crippen LogP contribution is 2.16. The average Bonchev–Trinajstić information content (AvgIpc) is 2.65. The van der Waals surface area contributed by atoms with Gasteiger partial charge in [-0.2, -0.15) is 0 Å². The fourth-order valence-electron chi connectivity index (χ4n) is 2.06. The van der Waals surface area contributed by atoms with E-state index in [1.54, 1.807) is 0 Å². The van der Waals surface area contributed by atoms with E-state index in [4.69, 9.17) is 4.84 Å². The Morgan fingerprint density at radius 3 is 2.46 bits per heavy atom. The fourth-order valence-corrected chi connectivity index (χ4v) is 3.08. The second-order valence-electron chi connectivity index (χ2n) is 5.23. The summed E-state index contributed by atoms with van der Waals surface area (Å²) in [7, 11) is -1.39. The summed E-state index contributed by atoms with van der Waals surface area (Å²) in [5, 5.41) is 13.3. The van der Waals surface area contributed by atoms with Crippen LogP contribution in [0.25, 0.3) is 0 Å². The molecule has 0 aromatic heterocycles. The van der Waals surface area contributed by atoms with Crippen LogP contribution in [0.3, 0.4) is 0 Å². The van der Waals surface area contributed by atoms with Crippen molar-refractivity contribution in [2.75, 3.05) is 14.2 Å². The van der Waals surface area contributed by atoms with E-state index in [1.165, 1.54) is 62.7 Å². The highest BCUT2D eigenvalue weighted by atomic mass is 32.2. The molecule has 0 saturated carbocycles. The van der Waals surface area contributed by atoms with Gasteiger partial charge in [0, 0.05) is 31.3 Å². The van der Waals surface area contributed by atoms with Gasteiger partial charge in [0.25, 0.3) is 21.6 Å². The van der Waals surface area contributed by atoms with E-state index in [0.29, 0.717) is 10.0 Å². The maximum Gasteiger partial charge on any atom is 0.269 e. The number of benzene rings is 2. The topological polar surface area (TPSA) is 119 Å². The van der Waals surface area contributed by atoms with Crippen LogP contribution in [-0.4, -0.2) is 37.9 Å². The molecule has 2 aromatic carbocycles. The van der Waals surface area contributed by atoms with Gasteiger partial charge in [0.15, 0.2) is 0 Å². The number of carbonyl (C=O) groups excluding carboxylic acids is 1. The quantitative estimate of drug-likeness (QED) is 0.578. The second-order valence-corrected chi connectivity index (χ2v) is 7.17. The van der Waals surface area contributed by atoms with Crippen molar-refractivity contribution in [1.82, 2.24) is 9.79 Å². The van der Waals surface area contributed by atoms with Gasteiger partial charge >= 0.3 is 0 Å². The predicted molar refractivity (Wildman–Crippen MR) is 92.7 cm³/mol. The number of rotatable bonds is 7. The summed E-state index contributed by atoms with van der Waals surface area (Å²) >= 11 is 0. The Hall–Kier alpha value is -2.82. The highest BCUT2D eigenvalue weighted by molar-refractivity contribution is 7.89. The molecule has 0 saturated heterocycles. The first-order chi connectivity index (χ1) is 12.3. The first-order valence-corrected chi connectivity index (χ1v) is 8.84. The van der Waals surface area contributed by atoms with Crippen molar-refractivity contribution in [2.45, 2.75) is 11.4 Å². The Morgan fingerprint density at radius 2 is 1.88 bits per heavy atom. The van der Waals surface area contributed by atoms with Crippen molar-refractivity contribution in [3.05, 3.63) is 69.8 Å². The molecule has 0 radical (unpaired) electrons. The number of hydrogen-bond donors (Lipinski definition) is 1. The third-order valence-electron chi connectivity index (χ3n) is 3.59. The van der Waals surface area contributed by atoms with Crippen molar-refractivity contribution < 1.29 is 23.0 Å². The number of amides is 1. The molecule has 0 bridgehead atoms. The van der Waals surface area contributed by atoms with Crippen LogP contribution in [0.4, 0.5) is 5.69 Å². The maximum atomic E-state index is 12.3. The van der Waals surface area contributed by atoms with Crippen LogP contribution in [0, 0.1) is 10.1 Å². The van der Waals surface area contributed by atoms with Crippen LogP contribution >= 0.6 is 0 Å². The molecule has 0 aliphatic rings. The zero-order valence-electron chi connectivity index (χ0n) is 14.1. The molecule has 0 atom stereocenters. The van der Waals surface area contributed by atoms with Crippen molar-refractivity contribution in [3.8, 4) is 0 Å². The molecule has 0 heterocycles. The molecule has 0 unspecified atom stereocenters. The van der Waals surface area contributed by atoms with Gasteiger partial charge in [-0.05, 0) is 23.8 Å². The summed E-state index contributed by atoms with van der Waals surface area (Å²) in [4.78, 5) is 27.0. The number of hydrogen-bond acceptors (Lipinski definition) is 6. The standard InChI is InChI=1S/C16H17N3O6S/c1-18(25-2)26(23,24)15-5-3-4-13(10-15)16(20)17-11-12-6-8-14(9-7-12)19(21)22/h3-10H,11H2,1-2H3,(H,17,20). The van der Waals surface area contributed by atoms with E-state index >= 15 is 0 Å². The van der Waals surface area contributed by atoms with E-state index in [9.17, 15) is 23.3 Å². The van der Waals surface area contributed by atoms with Gasteiger partial charge in [0.2, 0.25) is 0 Å². The number of hydroxylamine groups is 1. The average molecular weight is 379 g/mol. The van der Waals surface area contributed by atoms with E-state index in [2.05, 4.69) is 5.32 Å². The number of nitro groups is 1. The minimum absolute atomic E-state index is 0.0414. The number of nitro benzene ring substituents is 1. The van der Waals surface area contributed by atoms with E-state index < -0.39 is 20.9 Å². The smallest absolute Gasteiger partial charge is 0.269 e. The normalized spacial score (nSPS) is 11.3. The van der Waals surface area contributed by atoms with Gasteiger partial charge in [-0.25, -0.2) is 8.42 Å². The van der Waals surface area contributed by atoms with Crippen molar-refractivity contribution in [3.63, 3.8) is 0 Å². The van der Waals surface area contributed by atoms with Crippen LogP contribution < -0.4 is 5.32 Å². The lowest BCUT2D eigenvalue weighted by atomic mass is 10.2. The van der Waals surface area contributed by atoms with Gasteiger partial charge in [0.1, 0.15) is 0 Å². The molecule has 10 heteroatoms. The first-order valence-electron chi connectivity index (χ1n) is 7.40. The Labute approximate surface area is 150 Å².